The van der Waals surface area contributed by atoms with Crippen LogP contribution in [0, 0.1) is 17.0 Å². The molecule has 0 N–H and O–H groups in total. The first-order valence-electron chi connectivity index (χ1n) is 7.10. The predicted octanol–water partition coefficient (Wildman–Crippen LogP) is 3.66. The highest BCUT2D eigenvalue weighted by Gasteiger charge is 2.15. The normalized spacial score (nSPS) is 12.0. The molecule has 24 heavy (non-hydrogen) atoms. The van der Waals surface area contributed by atoms with Gasteiger partial charge < -0.3 is 0 Å². The highest BCUT2D eigenvalue weighted by molar-refractivity contribution is 7.90. The Morgan fingerprint density at radius 3 is 2.25 bits per heavy atom. The van der Waals surface area contributed by atoms with Gasteiger partial charge >= 0.3 is 0 Å². The zero-order valence-corrected chi connectivity index (χ0v) is 13.9. The average molecular weight is 344 g/mol. The number of hydrogen-bond acceptors (Lipinski definition) is 4. The van der Waals surface area contributed by atoms with Crippen molar-refractivity contribution in [1.29, 1.82) is 0 Å². The van der Waals surface area contributed by atoms with Crippen LogP contribution in [0.15, 0.2) is 70.5 Å². The van der Waals surface area contributed by atoms with Crippen LogP contribution in [-0.4, -0.2) is 19.1 Å². The molecule has 0 atom stereocenters. The molecule has 2 aromatic rings. The summed E-state index contributed by atoms with van der Waals surface area (Å²) in [6, 6.07) is 12.0. The van der Waals surface area contributed by atoms with Crippen LogP contribution in [0.5, 0.6) is 0 Å². The first-order valence-corrected chi connectivity index (χ1v) is 8.54. The van der Waals surface area contributed by atoms with Crippen LogP contribution < -0.4 is 0 Å². The molecule has 0 amide bonds. The standard InChI is InChI=1S/C17H16N2O4S/c1-3-4-17(14-7-9-15(10-8-14)19(20)21)18-24(22,23)16-11-5-13(2)6-12-16/h3,5-12H,1,4H2,2H3/b18-17+. The number of aryl methyl sites for hydroxylation is 1. The second-order valence-corrected chi connectivity index (χ2v) is 6.73. The summed E-state index contributed by atoms with van der Waals surface area (Å²) >= 11 is 0. The van der Waals surface area contributed by atoms with E-state index in [4.69, 9.17) is 0 Å². The second kappa shape index (κ2) is 7.18. The molecule has 0 fully saturated rings. The largest absolute Gasteiger partial charge is 0.282 e. The number of benzene rings is 2. The fourth-order valence-corrected chi connectivity index (χ4v) is 3.08. The predicted molar refractivity (Wildman–Crippen MR) is 92.8 cm³/mol. The summed E-state index contributed by atoms with van der Waals surface area (Å²) in [4.78, 5) is 10.3. The highest BCUT2D eigenvalue weighted by atomic mass is 32.2. The Labute approximate surface area is 140 Å². The molecular weight excluding hydrogens is 328 g/mol. The molecule has 0 saturated carbocycles. The van der Waals surface area contributed by atoms with E-state index >= 15 is 0 Å². The van der Waals surface area contributed by atoms with E-state index in [0.717, 1.165) is 5.56 Å². The molecule has 0 aromatic heterocycles. The molecule has 2 rings (SSSR count). The molecule has 0 aliphatic carbocycles. The molecule has 0 radical (unpaired) electrons. The number of nitro groups is 1. The Morgan fingerprint density at radius 2 is 1.75 bits per heavy atom. The van der Waals surface area contributed by atoms with E-state index < -0.39 is 14.9 Å². The third-order valence-electron chi connectivity index (χ3n) is 3.30. The van der Waals surface area contributed by atoms with E-state index in [9.17, 15) is 18.5 Å². The van der Waals surface area contributed by atoms with Gasteiger partial charge in [-0.25, -0.2) is 0 Å². The van der Waals surface area contributed by atoms with Gasteiger partial charge in [0.25, 0.3) is 15.7 Å². The SMILES string of the molecule is C=CC/C(=N\S(=O)(=O)c1ccc(C)cc1)c1ccc([N+](=O)[O-])cc1. The Morgan fingerprint density at radius 1 is 1.17 bits per heavy atom. The summed E-state index contributed by atoms with van der Waals surface area (Å²) in [6.45, 7) is 5.46. The van der Waals surface area contributed by atoms with Gasteiger partial charge in [0, 0.05) is 18.6 Å². The van der Waals surface area contributed by atoms with Crippen molar-refractivity contribution >= 4 is 21.4 Å². The highest BCUT2D eigenvalue weighted by Crippen LogP contribution is 2.18. The second-order valence-electron chi connectivity index (χ2n) is 5.12. The molecule has 2 aromatic carbocycles. The number of nitrogens with zero attached hydrogens (tertiary/aromatic N) is 2. The molecule has 0 unspecified atom stereocenters. The van der Waals surface area contributed by atoms with Crippen LogP contribution in [0.25, 0.3) is 0 Å². The smallest absolute Gasteiger partial charge is 0.258 e. The first kappa shape index (κ1) is 17.6. The van der Waals surface area contributed by atoms with Gasteiger partial charge in [-0.2, -0.15) is 12.8 Å². The van der Waals surface area contributed by atoms with Crippen molar-refractivity contribution in [2.75, 3.05) is 0 Å². The van der Waals surface area contributed by atoms with Crippen molar-refractivity contribution in [2.24, 2.45) is 4.40 Å². The van der Waals surface area contributed by atoms with E-state index in [0.29, 0.717) is 5.56 Å². The zero-order valence-electron chi connectivity index (χ0n) is 13.0. The topological polar surface area (TPSA) is 89.6 Å². The van der Waals surface area contributed by atoms with Gasteiger partial charge in [0.2, 0.25) is 0 Å². The first-order chi connectivity index (χ1) is 11.3. The number of sulfonamides is 1. The van der Waals surface area contributed by atoms with Crippen LogP contribution in [0.3, 0.4) is 0 Å². The molecule has 7 heteroatoms. The van der Waals surface area contributed by atoms with E-state index in [2.05, 4.69) is 11.0 Å². The van der Waals surface area contributed by atoms with Gasteiger partial charge in [0.1, 0.15) is 0 Å². The molecule has 124 valence electrons. The molecular formula is C17H16N2O4S. The summed E-state index contributed by atoms with van der Waals surface area (Å²) in [7, 11) is -3.87. The fourth-order valence-electron chi connectivity index (χ4n) is 2.03. The van der Waals surface area contributed by atoms with Crippen LogP contribution in [0.1, 0.15) is 17.5 Å². The summed E-state index contributed by atoms with van der Waals surface area (Å²) in [5, 5.41) is 10.7. The van der Waals surface area contributed by atoms with Crippen molar-refractivity contribution < 1.29 is 13.3 Å². The molecule has 0 heterocycles. The van der Waals surface area contributed by atoms with Gasteiger partial charge in [0.05, 0.1) is 15.5 Å². The van der Waals surface area contributed by atoms with Crippen molar-refractivity contribution in [2.45, 2.75) is 18.2 Å². The quantitative estimate of drug-likeness (QED) is 0.346. The monoisotopic (exact) mass is 344 g/mol. The third kappa shape index (κ3) is 4.14. The Balaban J connectivity index is 2.45. The van der Waals surface area contributed by atoms with Gasteiger partial charge in [-0.15, -0.1) is 6.58 Å². The third-order valence-corrected chi connectivity index (χ3v) is 4.63. The van der Waals surface area contributed by atoms with Gasteiger partial charge in [-0.05, 0) is 36.8 Å². The minimum absolute atomic E-state index is 0.0712. The number of allylic oxidation sites excluding steroid dienone is 1. The molecule has 6 nitrogen and oxygen atoms in total. The van der Waals surface area contributed by atoms with Crippen LogP contribution in [0.4, 0.5) is 5.69 Å². The van der Waals surface area contributed by atoms with Gasteiger partial charge in [-0.3, -0.25) is 10.1 Å². The van der Waals surface area contributed by atoms with Crippen LogP contribution in [0.2, 0.25) is 0 Å². The molecule has 0 spiro atoms. The van der Waals surface area contributed by atoms with Crippen molar-refractivity contribution in [3.63, 3.8) is 0 Å². The van der Waals surface area contributed by atoms with Gasteiger partial charge in [-0.1, -0.05) is 23.8 Å². The number of nitro benzene ring substituents is 1. The van der Waals surface area contributed by atoms with E-state index in [-0.39, 0.29) is 22.7 Å². The summed E-state index contributed by atoms with van der Waals surface area (Å²) in [5.74, 6) is 0. The summed E-state index contributed by atoms with van der Waals surface area (Å²) < 4.78 is 28.8. The Bertz CT molecular complexity index is 883. The van der Waals surface area contributed by atoms with Crippen molar-refractivity contribution in [3.8, 4) is 0 Å². The van der Waals surface area contributed by atoms with E-state index in [1.165, 1.54) is 42.5 Å². The van der Waals surface area contributed by atoms with Crippen molar-refractivity contribution in [1.82, 2.24) is 0 Å². The van der Waals surface area contributed by atoms with Crippen LogP contribution >= 0.6 is 0 Å². The number of rotatable bonds is 6. The molecule has 0 saturated heterocycles. The van der Waals surface area contributed by atoms with E-state index in [1.807, 2.05) is 6.92 Å². The number of hydrogen-bond donors (Lipinski definition) is 0. The minimum Gasteiger partial charge on any atom is -0.258 e. The summed E-state index contributed by atoms with van der Waals surface area (Å²) in [5.41, 5.74) is 1.65. The maximum atomic E-state index is 12.4. The summed E-state index contributed by atoms with van der Waals surface area (Å²) in [6.07, 6.45) is 1.76. The molecule has 0 aliphatic heterocycles. The zero-order chi connectivity index (χ0) is 17.7. The maximum absolute atomic E-state index is 12.4. The van der Waals surface area contributed by atoms with Crippen molar-refractivity contribution in [3.05, 3.63) is 82.4 Å². The van der Waals surface area contributed by atoms with Gasteiger partial charge in [0.15, 0.2) is 0 Å². The average Bonchev–Trinajstić information content (AvgIpc) is 2.55. The number of non-ortho nitro benzene ring substituents is 1. The minimum atomic E-state index is -3.87. The Kier molecular flexibility index (Phi) is 5.25. The maximum Gasteiger partial charge on any atom is 0.282 e. The van der Waals surface area contributed by atoms with Crippen LogP contribution in [-0.2, 0) is 10.0 Å². The Hall–Kier alpha value is -2.80. The fraction of sp³-hybridized carbons (Fsp3) is 0.118. The lowest BCUT2D eigenvalue weighted by atomic mass is 10.1. The van der Waals surface area contributed by atoms with E-state index in [1.54, 1.807) is 12.1 Å². The lowest BCUT2D eigenvalue weighted by Crippen LogP contribution is -2.06. The molecule has 0 bridgehead atoms. The lowest BCUT2D eigenvalue weighted by molar-refractivity contribution is -0.384. The molecule has 0 aliphatic rings. The lowest BCUT2D eigenvalue weighted by Gasteiger charge is -2.06.